The lowest BCUT2D eigenvalue weighted by molar-refractivity contribution is 0.779. The molecule has 0 N–H and O–H groups in total. The Balaban J connectivity index is 2.08. The maximum Gasteiger partial charge on any atom is 0.115 e. The van der Waals surface area contributed by atoms with Crippen molar-refractivity contribution in [3.05, 3.63) is 63.5 Å². The number of hydrogen-bond acceptors (Lipinski definition) is 2. The summed E-state index contributed by atoms with van der Waals surface area (Å²) >= 11 is 5.22. The number of benzene rings is 1. The first-order valence-corrected chi connectivity index (χ1v) is 7.71. The molecule has 0 amide bonds. The lowest BCUT2D eigenvalue weighted by atomic mass is 10.3. The normalized spacial score (nSPS) is 11.0. The van der Waals surface area contributed by atoms with Gasteiger partial charge in [-0.3, -0.25) is 0 Å². The van der Waals surface area contributed by atoms with E-state index in [0.717, 1.165) is 34.3 Å². The molecule has 0 saturated heterocycles. The lowest BCUT2D eigenvalue weighted by Crippen LogP contribution is -2.04. The van der Waals surface area contributed by atoms with Crippen LogP contribution in [-0.4, -0.2) is 9.55 Å². The third kappa shape index (κ3) is 2.65. The van der Waals surface area contributed by atoms with Gasteiger partial charge in [0.15, 0.2) is 0 Å². The highest BCUT2D eigenvalue weighted by Gasteiger charge is 2.11. The minimum atomic E-state index is 0.751. The molecule has 0 unspecified atom stereocenters. The van der Waals surface area contributed by atoms with Crippen LogP contribution in [0.3, 0.4) is 0 Å². The van der Waals surface area contributed by atoms with Crippen molar-refractivity contribution in [3.8, 4) is 0 Å². The Labute approximate surface area is 124 Å². The third-order valence-electron chi connectivity index (χ3n) is 2.98. The Bertz CT molecular complexity index is 713. The van der Waals surface area contributed by atoms with Crippen molar-refractivity contribution in [2.24, 2.45) is 0 Å². The fourth-order valence-corrected chi connectivity index (χ4v) is 3.13. The molecule has 19 heavy (non-hydrogen) atoms. The van der Waals surface area contributed by atoms with Gasteiger partial charge in [-0.15, -0.1) is 11.3 Å². The van der Waals surface area contributed by atoms with Gasteiger partial charge in [0.25, 0.3) is 0 Å². The van der Waals surface area contributed by atoms with E-state index in [-0.39, 0.29) is 0 Å². The fraction of sp³-hybridized carbons (Fsp3) is 0.133. The predicted octanol–water partition coefficient (Wildman–Crippen LogP) is 4.60. The highest BCUT2D eigenvalue weighted by molar-refractivity contribution is 9.11. The van der Waals surface area contributed by atoms with E-state index in [2.05, 4.69) is 56.7 Å². The smallest absolute Gasteiger partial charge is 0.115 e. The molecule has 0 saturated carbocycles. The first-order valence-electron chi connectivity index (χ1n) is 6.04. The summed E-state index contributed by atoms with van der Waals surface area (Å²) in [7, 11) is 0. The number of rotatable bonds is 4. The topological polar surface area (TPSA) is 17.8 Å². The molecule has 3 aromatic rings. The molecule has 1 aromatic carbocycles. The quantitative estimate of drug-likeness (QED) is 0.682. The number of hydrogen-bond donors (Lipinski definition) is 0. The van der Waals surface area contributed by atoms with Crippen molar-refractivity contribution in [3.63, 3.8) is 0 Å². The summed E-state index contributed by atoms with van der Waals surface area (Å²) in [6.07, 6.45) is 0.868. The molecule has 2 aromatic heterocycles. The van der Waals surface area contributed by atoms with E-state index in [9.17, 15) is 0 Å². The SMILES string of the molecule is C=C(Br)Cn1c(Cc2cccs2)nc2ccccc21. The van der Waals surface area contributed by atoms with Crippen molar-refractivity contribution in [2.75, 3.05) is 0 Å². The van der Waals surface area contributed by atoms with Crippen molar-refractivity contribution in [1.82, 2.24) is 9.55 Å². The Kier molecular flexibility index (Phi) is 3.53. The van der Waals surface area contributed by atoms with Gasteiger partial charge in [-0.05, 0) is 23.6 Å². The zero-order valence-electron chi connectivity index (χ0n) is 10.3. The molecule has 0 radical (unpaired) electrons. The molecule has 0 fully saturated rings. The molecule has 0 spiro atoms. The predicted molar refractivity (Wildman–Crippen MR) is 84.9 cm³/mol. The number of allylic oxidation sites excluding steroid dienone is 1. The summed E-state index contributed by atoms with van der Waals surface area (Å²) in [6, 6.07) is 12.5. The fourth-order valence-electron chi connectivity index (χ4n) is 2.18. The van der Waals surface area contributed by atoms with Gasteiger partial charge >= 0.3 is 0 Å². The molecule has 96 valence electrons. The number of fused-ring (bicyclic) bond motifs is 1. The molecular formula is C15H13BrN2S. The van der Waals surface area contributed by atoms with Gasteiger partial charge in [-0.25, -0.2) is 4.98 Å². The van der Waals surface area contributed by atoms with Crippen molar-refractivity contribution < 1.29 is 0 Å². The summed E-state index contributed by atoms with van der Waals surface area (Å²) in [5.74, 6) is 1.09. The number of para-hydroxylation sites is 2. The molecule has 2 heterocycles. The second kappa shape index (κ2) is 5.31. The van der Waals surface area contributed by atoms with Crippen LogP contribution in [0, 0.1) is 0 Å². The van der Waals surface area contributed by atoms with Gasteiger partial charge in [-0.1, -0.05) is 40.7 Å². The van der Waals surface area contributed by atoms with Crippen LogP contribution in [0.2, 0.25) is 0 Å². The summed E-state index contributed by atoms with van der Waals surface area (Å²) in [4.78, 5) is 6.08. The maximum atomic E-state index is 4.75. The van der Waals surface area contributed by atoms with E-state index in [1.165, 1.54) is 4.88 Å². The van der Waals surface area contributed by atoms with E-state index < -0.39 is 0 Å². The number of thiophene rings is 1. The molecule has 2 nitrogen and oxygen atoms in total. The zero-order valence-corrected chi connectivity index (χ0v) is 12.7. The van der Waals surface area contributed by atoms with E-state index >= 15 is 0 Å². The van der Waals surface area contributed by atoms with E-state index in [4.69, 9.17) is 4.98 Å². The van der Waals surface area contributed by atoms with Gasteiger partial charge in [-0.2, -0.15) is 0 Å². The third-order valence-corrected chi connectivity index (χ3v) is 4.10. The van der Waals surface area contributed by atoms with Crippen molar-refractivity contribution in [2.45, 2.75) is 13.0 Å². The summed E-state index contributed by atoms with van der Waals surface area (Å²) in [5, 5.41) is 2.10. The van der Waals surface area contributed by atoms with Crippen LogP contribution in [0.15, 0.2) is 52.8 Å². The monoisotopic (exact) mass is 332 g/mol. The molecular weight excluding hydrogens is 320 g/mol. The molecule has 0 atom stereocenters. The average molecular weight is 333 g/mol. The number of aromatic nitrogens is 2. The van der Waals surface area contributed by atoms with Crippen molar-refractivity contribution >= 4 is 38.3 Å². The van der Waals surface area contributed by atoms with Gasteiger partial charge in [0.05, 0.1) is 17.6 Å². The Hall–Kier alpha value is -1.39. The molecule has 0 aliphatic heterocycles. The average Bonchev–Trinajstić information content (AvgIpc) is 2.99. The van der Waals surface area contributed by atoms with E-state index in [1.54, 1.807) is 11.3 Å². The number of imidazole rings is 1. The molecule has 0 aliphatic carbocycles. The Morgan fingerprint density at radius 3 is 2.84 bits per heavy atom. The van der Waals surface area contributed by atoms with E-state index in [1.807, 2.05) is 12.1 Å². The summed E-state index contributed by atoms with van der Waals surface area (Å²) < 4.78 is 3.19. The van der Waals surface area contributed by atoms with Gasteiger partial charge < -0.3 is 4.57 Å². The zero-order chi connectivity index (χ0) is 13.2. The molecule has 0 aliphatic rings. The van der Waals surface area contributed by atoms with Crippen LogP contribution >= 0.6 is 27.3 Å². The molecule has 3 rings (SSSR count). The lowest BCUT2D eigenvalue weighted by Gasteiger charge is -2.07. The second-order valence-corrected chi connectivity index (χ2v) is 6.53. The number of nitrogens with zero attached hydrogens (tertiary/aromatic N) is 2. The standard InChI is InChI=1S/C15H13BrN2S/c1-11(16)10-18-14-7-3-2-6-13(14)17-15(18)9-12-5-4-8-19-12/h2-8H,1,9-10H2. The van der Waals surface area contributed by atoms with E-state index in [0.29, 0.717) is 0 Å². The highest BCUT2D eigenvalue weighted by atomic mass is 79.9. The van der Waals surface area contributed by atoms with Crippen LogP contribution in [0.5, 0.6) is 0 Å². The van der Waals surface area contributed by atoms with Crippen LogP contribution in [0.1, 0.15) is 10.7 Å². The van der Waals surface area contributed by atoms with Crippen LogP contribution < -0.4 is 0 Å². The Morgan fingerprint density at radius 2 is 2.11 bits per heavy atom. The van der Waals surface area contributed by atoms with Crippen LogP contribution in [0.25, 0.3) is 11.0 Å². The largest absolute Gasteiger partial charge is 0.323 e. The molecule has 0 bridgehead atoms. The highest BCUT2D eigenvalue weighted by Crippen LogP contribution is 2.22. The first-order chi connectivity index (χ1) is 9.24. The van der Waals surface area contributed by atoms with Gasteiger partial charge in [0.2, 0.25) is 0 Å². The van der Waals surface area contributed by atoms with Crippen LogP contribution in [-0.2, 0) is 13.0 Å². The summed E-state index contributed by atoms with van der Waals surface area (Å²) in [6.45, 7) is 4.70. The van der Waals surface area contributed by atoms with Gasteiger partial charge in [0.1, 0.15) is 5.82 Å². The van der Waals surface area contributed by atoms with Gasteiger partial charge in [0, 0.05) is 15.8 Å². The first kappa shape index (κ1) is 12.6. The minimum absolute atomic E-state index is 0.751. The molecule has 4 heteroatoms. The second-order valence-electron chi connectivity index (χ2n) is 4.38. The maximum absolute atomic E-state index is 4.75. The van der Waals surface area contributed by atoms with Crippen LogP contribution in [0.4, 0.5) is 0 Å². The van der Waals surface area contributed by atoms with Crippen molar-refractivity contribution in [1.29, 1.82) is 0 Å². The summed E-state index contributed by atoms with van der Waals surface area (Å²) in [5.41, 5.74) is 2.21. The Morgan fingerprint density at radius 1 is 1.26 bits per heavy atom. The minimum Gasteiger partial charge on any atom is -0.323 e. The number of halogens is 1.